The molecule has 1 heterocycles. The lowest BCUT2D eigenvalue weighted by atomic mass is 9.89. The molecule has 1 aliphatic heterocycles. The van der Waals surface area contributed by atoms with Crippen LogP contribution in [0, 0.1) is 5.92 Å². The monoisotopic (exact) mass is 204 g/mol. The van der Waals surface area contributed by atoms with Crippen LogP contribution in [-0.4, -0.2) is 52.6 Å². The summed E-state index contributed by atoms with van der Waals surface area (Å²) in [7, 11) is 0. The fourth-order valence-corrected chi connectivity index (χ4v) is 1.65. The van der Waals surface area contributed by atoms with E-state index >= 15 is 0 Å². The van der Waals surface area contributed by atoms with E-state index in [1.165, 1.54) is 6.92 Å². The van der Waals surface area contributed by atoms with Gasteiger partial charge >= 0.3 is 0 Å². The van der Waals surface area contributed by atoms with Gasteiger partial charge in [-0.05, 0) is 6.92 Å². The summed E-state index contributed by atoms with van der Waals surface area (Å²) in [6, 6.07) is 0. The zero-order valence-electron chi connectivity index (χ0n) is 8.09. The van der Waals surface area contributed by atoms with Gasteiger partial charge in [0.05, 0.1) is 19.3 Å². The Bertz CT molecular complexity index is 205. The summed E-state index contributed by atoms with van der Waals surface area (Å²) in [4.78, 5) is 10.8. The number of aliphatic hydroxyl groups excluding tert-OH is 3. The van der Waals surface area contributed by atoms with Gasteiger partial charge in [0, 0.05) is 12.3 Å². The molecule has 5 nitrogen and oxygen atoms in total. The van der Waals surface area contributed by atoms with Crippen LogP contribution in [0.5, 0.6) is 0 Å². The molecule has 0 aromatic carbocycles. The normalized spacial score (nSPS) is 38.3. The van der Waals surface area contributed by atoms with E-state index in [0.717, 1.165) is 0 Å². The number of ether oxygens (including phenoxy) is 1. The van der Waals surface area contributed by atoms with E-state index in [1.54, 1.807) is 0 Å². The number of carbonyl (C=O) groups excluding carboxylic acids is 1. The van der Waals surface area contributed by atoms with Gasteiger partial charge in [-0.1, -0.05) is 0 Å². The quantitative estimate of drug-likeness (QED) is 0.531. The Labute approximate surface area is 82.3 Å². The molecule has 1 aliphatic rings. The van der Waals surface area contributed by atoms with E-state index in [9.17, 15) is 15.0 Å². The fourth-order valence-electron chi connectivity index (χ4n) is 1.65. The summed E-state index contributed by atoms with van der Waals surface area (Å²) in [5.74, 6) is -0.419. The first-order chi connectivity index (χ1) is 6.56. The second-order valence-corrected chi connectivity index (χ2v) is 3.70. The minimum atomic E-state index is -1.11. The lowest BCUT2D eigenvalue weighted by Gasteiger charge is -2.36. The standard InChI is InChI=1S/C9H16O5/c1-5(11)2-6-4-14-7(3-10)9(13)8(6)12/h6-10,12-13H,2-4H2,1H3/t6-,7-,8-,9+/m1/s1. The summed E-state index contributed by atoms with van der Waals surface area (Å²) in [6.45, 7) is 1.30. The van der Waals surface area contributed by atoms with Crippen molar-refractivity contribution in [1.29, 1.82) is 0 Å². The molecule has 0 amide bonds. The van der Waals surface area contributed by atoms with E-state index < -0.39 is 18.3 Å². The van der Waals surface area contributed by atoms with Gasteiger partial charge in [0.25, 0.3) is 0 Å². The molecule has 0 aromatic heterocycles. The van der Waals surface area contributed by atoms with Gasteiger partial charge in [-0.15, -0.1) is 0 Å². The summed E-state index contributed by atoms with van der Waals surface area (Å²) in [5, 5.41) is 27.9. The topological polar surface area (TPSA) is 87.0 Å². The first kappa shape index (κ1) is 11.6. The molecule has 0 radical (unpaired) electrons. The van der Waals surface area contributed by atoms with Crippen molar-refractivity contribution in [3.8, 4) is 0 Å². The highest BCUT2D eigenvalue weighted by Crippen LogP contribution is 2.22. The predicted octanol–water partition coefficient (Wildman–Crippen LogP) is -1.31. The molecule has 0 unspecified atom stereocenters. The van der Waals surface area contributed by atoms with Gasteiger partial charge in [0.1, 0.15) is 18.0 Å². The zero-order valence-corrected chi connectivity index (χ0v) is 8.09. The largest absolute Gasteiger partial charge is 0.394 e. The first-order valence-corrected chi connectivity index (χ1v) is 4.64. The number of carbonyl (C=O) groups is 1. The summed E-state index contributed by atoms with van der Waals surface area (Å²) in [5.41, 5.74) is 0. The Hall–Kier alpha value is -0.490. The fraction of sp³-hybridized carbons (Fsp3) is 0.889. The third-order valence-electron chi connectivity index (χ3n) is 2.47. The van der Waals surface area contributed by atoms with Crippen LogP contribution in [0.15, 0.2) is 0 Å². The molecule has 0 aliphatic carbocycles. The maximum absolute atomic E-state index is 10.8. The smallest absolute Gasteiger partial charge is 0.130 e. The van der Waals surface area contributed by atoms with Gasteiger partial charge in [-0.25, -0.2) is 0 Å². The minimum Gasteiger partial charge on any atom is -0.394 e. The number of rotatable bonds is 3. The van der Waals surface area contributed by atoms with Crippen LogP contribution in [-0.2, 0) is 9.53 Å². The highest BCUT2D eigenvalue weighted by molar-refractivity contribution is 5.75. The highest BCUT2D eigenvalue weighted by Gasteiger charge is 2.38. The van der Waals surface area contributed by atoms with Gasteiger partial charge in [-0.2, -0.15) is 0 Å². The molecular formula is C9H16O5. The minimum absolute atomic E-state index is 0.0488. The van der Waals surface area contributed by atoms with Gasteiger partial charge in [0.2, 0.25) is 0 Å². The van der Waals surface area contributed by atoms with Crippen LogP contribution in [0.4, 0.5) is 0 Å². The number of ketones is 1. The Morgan fingerprint density at radius 2 is 2.07 bits per heavy atom. The average Bonchev–Trinajstić information content (AvgIpc) is 2.13. The molecule has 1 rings (SSSR count). The molecule has 1 saturated heterocycles. The molecule has 4 atom stereocenters. The van der Waals surface area contributed by atoms with Crippen LogP contribution in [0.1, 0.15) is 13.3 Å². The molecule has 82 valence electrons. The average molecular weight is 204 g/mol. The van der Waals surface area contributed by atoms with E-state index in [0.29, 0.717) is 0 Å². The van der Waals surface area contributed by atoms with Crippen LogP contribution < -0.4 is 0 Å². The van der Waals surface area contributed by atoms with Crippen molar-refractivity contribution in [2.24, 2.45) is 5.92 Å². The summed E-state index contributed by atoms with van der Waals surface area (Å²) >= 11 is 0. The molecule has 1 fully saturated rings. The Morgan fingerprint density at radius 3 is 2.57 bits per heavy atom. The SMILES string of the molecule is CC(=O)C[C@@H]1CO[C@H](CO)[C@H](O)[C@@H]1O. The first-order valence-electron chi connectivity index (χ1n) is 4.64. The van der Waals surface area contributed by atoms with Crippen molar-refractivity contribution in [3.63, 3.8) is 0 Å². The van der Waals surface area contributed by atoms with E-state index in [-0.39, 0.29) is 31.3 Å². The molecule has 0 spiro atoms. The lowest BCUT2D eigenvalue weighted by Crippen LogP contribution is -2.51. The van der Waals surface area contributed by atoms with Crippen molar-refractivity contribution >= 4 is 5.78 Å². The van der Waals surface area contributed by atoms with E-state index in [1.807, 2.05) is 0 Å². The Kier molecular flexibility index (Phi) is 4.00. The van der Waals surface area contributed by atoms with Gasteiger partial charge in [0.15, 0.2) is 0 Å². The number of Topliss-reactive ketones (excluding diaryl/α,β-unsaturated/α-hetero) is 1. The van der Waals surface area contributed by atoms with Crippen molar-refractivity contribution in [1.82, 2.24) is 0 Å². The van der Waals surface area contributed by atoms with Crippen molar-refractivity contribution in [3.05, 3.63) is 0 Å². The third-order valence-corrected chi connectivity index (χ3v) is 2.47. The predicted molar refractivity (Wildman–Crippen MR) is 47.6 cm³/mol. The third kappa shape index (κ3) is 2.51. The number of hydrogen-bond donors (Lipinski definition) is 3. The Balaban J connectivity index is 2.54. The highest BCUT2D eigenvalue weighted by atomic mass is 16.5. The van der Waals surface area contributed by atoms with Crippen LogP contribution >= 0.6 is 0 Å². The molecule has 0 saturated carbocycles. The molecule has 5 heteroatoms. The maximum atomic E-state index is 10.8. The van der Waals surface area contributed by atoms with Crippen LogP contribution in [0.25, 0.3) is 0 Å². The molecule has 14 heavy (non-hydrogen) atoms. The Morgan fingerprint density at radius 1 is 1.43 bits per heavy atom. The van der Waals surface area contributed by atoms with Gasteiger partial charge in [-0.3, -0.25) is 0 Å². The maximum Gasteiger partial charge on any atom is 0.130 e. The van der Waals surface area contributed by atoms with E-state index in [4.69, 9.17) is 9.84 Å². The van der Waals surface area contributed by atoms with Crippen molar-refractivity contribution in [2.45, 2.75) is 31.7 Å². The molecular weight excluding hydrogens is 188 g/mol. The number of aliphatic hydroxyl groups is 3. The van der Waals surface area contributed by atoms with Gasteiger partial charge < -0.3 is 24.9 Å². The van der Waals surface area contributed by atoms with Crippen molar-refractivity contribution in [2.75, 3.05) is 13.2 Å². The molecule has 0 aromatic rings. The van der Waals surface area contributed by atoms with Crippen molar-refractivity contribution < 1.29 is 24.9 Å². The lowest BCUT2D eigenvalue weighted by molar-refractivity contribution is -0.176. The van der Waals surface area contributed by atoms with Crippen LogP contribution in [0.3, 0.4) is 0 Å². The second-order valence-electron chi connectivity index (χ2n) is 3.70. The van der Waals surface area contributed by atoms with E-state index in [2.05, 4.69) is 0 Å². The summed E-state index contributed by atoms with van der Waals surface area (Å²) in [6.07, 6.45) is -2.66. The zero-order chi connectivity index (χ0) is 10.7. The molecule has 3 N–H and O–H groups in total. The molecule has 0 bridgehead atoms. The second kappa shape index (κ2) is 4.84. The number of hydrogen-bond acceptors (Lipinski definition) is 5. The summed E-state index contributed by atoms with van der Waals surface area (Å²) < 4.78 is 5.11. The van der Waals surface area contributed by atoms with Crippen LogP contribution in [0.2, 0.25) is 0 Å².